The molecule has 1 amide bonds. The number of hydrogen-bond acceptors (Lipinski definition) is 3. The van der Waals surface area contributed by atoms with Crippen molar-refractivity contribution in [1.82, 2.24) is 4.90 Å². The van der Waals surface area contributed by atoms with Crippen LogP contribution in [0.3, 0.4) is 0 Å². The van der Waals surface area contributed by atoms with Crippen molar-refractivity contribution in [3.63, 3.8) is 0 Å². The molecule has 0 unspecified atom stereocenters. The van der Waals surface area contributed by atoms with E-state index >= 15 is 0 Å². The fourth-order valence-corrected chi connectivity index (χ4v) is 3.39. The third kappa shape index (κ3) is 3.75. The SMILES string of the molecule is CN(Cc1ccc(Cl)s1)C(=O)c1cc(S)ccc1Br. The maximum absolute atomic E-state index is 12.4. The number of thiophene rings is 1. The van der Waals surface area contributed by atoms with Crippen LogP contribution in [0.2, 0.25) is 4.34 Å². The second-order valence-electron chi connectivity index (χ2n) is 4.03. The number of carbonyl (C=O) groups is 1. The largest absolute Gasteiger partial charge is 0.337 e. The molecule has 0 aliphatic carbocycles. The number of amides is 1. The highest BCUT2D eigenvalue weighted by molar-refractivity contribution is 9.10. The number of carbonyl (C=O) groups excluding carboxylic acids is 1. The van der Waals surface area contributed by atoms with Crippen molar-refractivity contribution >= 4 is 57.4 Å². The van der Waals surface area contributed by atoms with Gasteiger partial charge in [-0.05, 0) is 46.3 Å². The van der Waals surface area contributed by atoms with E-state index in [1.54, 1.807) is 18.0 Å². The molecule has 0 radical (unpaired) electrons. The molecule has 19 heavy (non-hydrogen) atoms. The average Bonchev–Trinajstić information content (AvgIpc) is 2.77. The van der Waals surface area contributed by atoms with E-state index in [-0.39, 0.29) is 5.91 Å². The van der Waals surface area contributed by atoms with Gasteiger partial charge < -0.3 is 4.90 Å². The van der Waals surface area contributed by atoms with Gasteiger partial charge in [0.05, 0.1) is 16.4 Å². The molecule has 1 heterocycles. The number of hydrogen-bond donors (Lipinski definition) is 1. The molecule has 0 saturated carbocycles. The molecule has 2 nitrogen and oxygen atoms in total. The topological polar surface area (TPSA) is 20.3 Å². The summed E-state index contributed by atoms with van der Waals surface area (Å²) in [6.45, 7) is 0.541. The third-order valence-electron chi connectivity index (χ3n) is 2.55. The Bertz CT molecular complexity index is 614. The Labute approximate surface area is 134 Å². The van der Waals surface area contributed by atoms with Crippen LogP contribution in [0.5, 0.6) is 0 Å². The number of halogens is 2. The maximum atomic E-state index is 12.4. The van der Waals surface area contributed by atoms with E-state index in [4.69, 9.17) is 11.6 Å². The van der Waals surface area contributed by atoms with Gasteiger partial charge in [0.25, 0.3) is 5.91 Å². The molecule has 2 rings (SSSR count). The van der Waals surface area contributed by atoms with Crippen molar-refractivity contribution < 1.29 is 4.79 Å². The Morgan fingerprint density at radius 2 is 2.16 bits per heavy atom. The van der Waals surface area contributed by atoms with E-state index in [2.05, 4.69) is 28.6 Å². The first-order chi connectivity index (χ1) is 8.97. The molecule has 1 aromatic carbocycles. The fraction of sp³-hybridized carbons (Fsp3) is 0.154. The first-order valence-corrected chi connectivity index (χ1v) is 7.89. The number of thiol groups is 1. The molecule has 100 valence electrons. The molecule has 0 aliphatic heterocycles. The quantitative estimate of drug-likeness (QED) is 0.768. The van der Waals surface area contributed by atoms with Crippen LogP contribution in [0.25, 0.3) is 0 Å². The predicted octanol–water partition coefficient (Wildman–Crippen LogP) is 4.72. The lowest BCUT2D eigenvalue weighted by molar-refractivity contribution is 0.0785. The van der Waals surface area contributed by atoms with Gasteiger partial charge >= 0.3 is 0 Å². The van der Waals surface area contributed by atoms with E-state index in [0.29, 0.717) is 12.1 Å². The summed E-state index contributed by atoms with van der Waals surface area (Å²) >= 11 is 15.0. The zero-order valence-corrected chi connectivity index (χ0v) is 14.1. The zero-order valence-electron chi connectivity index (χ0n) is 10.1. The molecule has 0 fully saturated rings. The Balaban J connectivity index is 2.16. The number of nitrogens with zero attached hydrogens (tertiary/aromatic N) is 1. The van der Waals surface area contributed by atoms with E-state index in [1.807, 2.05) is 24.3 Å². The van der Waals surface area contributed by atoms with Gasteiger partial charge in [-0.2, -0.15) is 0 Å². The smallest absolute Gasteiger partial charge is 0.255 e. The van der Waals surface area contributed by atoms with Gasteiger partial charge in [-0.3, -0.25) is 4.79 Å². The van der Waals surface area contributed by atoms with Crippen LogP contribution in [-0.4, -0.2) is 17.9 Å². The lowest BCUT2D eigenvalue weighted by Gasteiger charge is -2.17. The average molecular weight is 377 g/mol. The summed E-state index contributed by atoms with van der Waals surface area (Å²) in [5.74, 6) is -0.0488. The lowest BCUT2D eigenvalue weighted by atomic mass is 10.2. The summed E-state index contributed by atoms with van der Waals surface area (Å²) in [4.78, 5) is 15.8. The molecule has 6 heteroatoms. The van der Waals surface area contributed by atoms with Crippen LogP contribution in [0.15, 0.2) is 39.7 Å². The van der Waals surface area contributed by atoms with Crippen molar-refractivity contribution in [2.24, 2.45) is 0 Å². The first kappa shape index (κ1) is 14.9. The fourth-order valence-electron chi connectivity index (χ4n) is 1.63. The van der Waals surface area contributed by atoms with Crippen LogP contribution >= 0.6 is 51.5 Å². The molecular weight excluding hydrogens is 366 g/mol. The zero-order chi connectivity index (χ0) is 14.0. The number of rotatable bonds is 3. The Morgan fingerprint density at radius 3 is 2.79 bits per heavy atom. The Hall–Kier alpha value is -0.490. The highest BCUT2D eigenvalue weighted by Crippen LogP contribution is 2.25. The molecule has 0 atom stereocenters. The normalized spacial score (nSPS) is 10.5. The van der Waals surface area contributed by atoms with Gasteiger partial charge in [-0.15, -0.1) is 24.0 Å². The van der Waals surface area contributed by atoms with Crippen LogP contribution in [0.1, 0.15) is 15.2 Å². The summed E-state index contributed by atoms with van der Waals surface area (Å²) in [5, 5.41) is 0. The highest BCUT2D eigenvalue weighted by Gasteiger charge is 2.16. The summed E-state index contributed by atoms with van der Waals surface area (Å²) < 4.78 is 1.50. The van der Waals surface area contributed by atoms with Crippen molar-refractivity contribution in [2.75, 3.05) is 7.05 Å². The van der Waals surface area contributed by atoms with Gasteiger partial charge in [0.2, 0.25) is 0 Å². The molecular formula is C13H11BrClNOS2. The van der Waals surface area contributed by atoms with Gasteiger partial charge in [-0.1, -0.05) is 11.6 Å². The molecule has 0 spiro atoms. The molecule has 1 aromatic heterocycles. The Morgan fingerprint density at radius 1 is 1.42 bits per heavy atom. The van der Waals surface area contributed by atoms with Crippen molar-refractivity contribution in [3.05, 3.63) is 49.6 Å². The molecule has 0 aliphatic rings. The maximum Gasteiger partial charge on any atom is 0.255 e. The van der Waals surface area contributed by atoms with Gasteiger partial charge in [0.15, 0.2) is 0 Å². The van der Waals surface area contributed by atoms with Crippen molar-refractivity contribution in [3.8, 4) is 0 Å². The molecule has 0 bridgehead atoms. The van der Waals surface area contributed by atoms with E-state index < -0.39 is 0 Å². The molecule has 0 saturated heterocycles. The van der Waals surface area contributed by atoms with Crippen molar-refractivity contribution in [1.29, 1.82) is 0 Å². The lowest BCUT2D eigenvalue weighted by Crippen LogP contribution is -2.26. The second-order valence-corrected chi connectivity index (χ2v) is 7.20. The van der Waals surface area contributed by atoms with Crippen LogP contribution in [0, 0.1) is 0 Å². The minimum absolute atomic E-state index is 0.0488. The van der Waals surface area contributed by atoms with Crippen LogP contribution < -0.4 is 0 Å². The summed E-state index contributed by atoms with van der Waals surface area (Å²) in [5.41, 5.74) is 0.609. The minimum Gasteiger partial charge on any atom is -0.337 e. The summed E-state index contributed by atoms with van der Waals surface area (Å²) in [6.07, 6.45) is 0. The van der Waals surface area contributed by atoms with Gasteiger partial charge in [-0.25, -0.2) is 0 Å². The van der Waals surface area contributed by atoms with E-state index in [9.17, 15) is 4.79 Å². The minimum atomic E-state index is -0.0488. The summed E-state index contributed by atoms with van der Waals surface area (Å²) in [6, 6.07) is 9.19. The monoisotopic (exact) mass is 375 g/mol. The van der Waals surface area contributed by atoms with E-state index in [0.717, 1.165) is 18.6 Å². The van der Waals surface area contributed by atoms with Crippen LogP contribution in [0.4, 0.5) is 0 Å². The first-order valence-electron chi connectivity index (χ1n) is 5.45. The highest BCUT2D eigenvalue weighted by atomic mass is 79.9. The van der Waals surface area contributed by atoms with Gasteiger partial charge in [0.1, 0.15) is 0 Å². The van der Waals surface area contributed by atoms with Gasteiger partial charge in [0, 0.05) is 21.3 Å². The second kappa shape index (κ2) is 6.31. The standard InChI is InChI=1S/C13H11BrClNOS2/c1-16(7-9-3-5-12(15)19-9)13(17)10-6-8(18)2-4-11(10)14/h2-6,18H,7H2,1H3. The number of benzene rings is 1. The Kier molecular flexibility index (Phi) is 4.95. The molecule has 2 aromatic rings. The molecule has 0 N–H and O–H groups in total. The van der Waals surface area contributed by atoms with Crippen LogP contribution in [-0.2, 0) is 6.54 Å². The van der Waals surface area contributed by atoms with E-state index in [1.165, 1.54) is 11.3 Å². The summed E-state index contributed by atoms with van der Waals surface area (Å²) in [7, 11) is 1.77. The van der Waals surface area contributed by atoms with Crippen molar-refractivity contribution in [2.45, 2.75) is 11.4 Å². The third-order valence-corrected chi connectivity index (χ3v) is 4.73. The predicted molar refractivity (Wildman–Crippen MR) is 86.5 cm³/mol.